The van der Waals surface area contributed by atoms with Crippen LogP contribution in [0.1, 0.15) is 36.1 Å². The first-order chi connectivity index (χ1) is 10.0. The lowest BCUT2D eigenvalue weighted by atomic mass is 9.94. The standard InChI is InChI=1S/C18H30N2O/c1-13-8-14(2)10-16(9-13)17(19-4)11-20-7-6-15(3)18(12-20)21-5/h8-10,15,17-19H,6-7,11-12H2,1-5H3. The SMILES string of the molecule is CNC(CN1CCC(C)C(OC)C1)c1cc(C)cc(C)c1. The lowest BCUT2D eigenvalue weighted by Crippen LogP contribution is -2.46. The Morgan fingerprint density at radius 3 is 2.52 bits per heavy atom. The predicted octanol–water partition coefficient (Wildman–Crippen LogP) is 2.92. The largest absolute Gasteiger partial charge is 0.380 e. The van der Waals surface area contributed by atoms with Gasteiger partial charge in [-0.15, -0.1) is 0 Å². The molecule has 2 rings (SSSR count). The Bertz CT molecular complexity index is 440. The molecule has 1 aliphatic rings. The van der Waals surface area contributed by atoms with Gasteiger partial charge in [0.25, 0.3) is 0 Å². The molecule has 1 aromatic rings. The lowest BCUT2D eigenvalue weighted by Gasteiger charge is -2.38. The van der Waals surface area contributed by atoms with E-state index in [4.69, 9.17) is 4.74 Å². The summed E-state index contributed by atoms with van der Waals surface area (Å²) in [4.78, 5) is 2.53. The van der Waals surface area contributed by atoms with Crippen molar-refractivity contribution < 1.29 is 4.74 Å². The number of nitrogens with zero attached hydrogens (tertiary/aromatic N) is 1. The van der Waals surface area contributed by atoms with Crippen LogP contribution in [0.15, 0.2) is 18.2 Å². The lowest BCUT2D eigenvalue weighted by molar-refractivity contribution is -0.00729. The van der Waals surface area contributed by atoms with Crippen molar-refractivity contribution in [3.63, 3.8) is 0 Å². The number of methoxy groups -OCH3 is 1. The average Bonchev–Trinajstić information content (AvgIpc) is 2.45. The van der Waals surface area contributed by atoms with Crippen molar-refractivity contribution in [2.45, 2.75) is 39.3 Å². The molecule has 0 bridgehead atoms. The highest BCUT2D eigenvalue weighted by Gasteiger charge is 2.27. The minimum Gasteiger partial charge on any atom is -0.380 e. The Kier molecular flexibility index (Phi) is 5.80. The Labute approximate surface area is 129 Å². The molecule has 118 valence electrons. The van der Waals surface area contributed by atoms with Gasteiger partial charge in [0.1, 0.15) is 0 Å². The van der Waals surface area contributed by atoms with E-state index in [-0.39, 0.29) is 0 Å². The van der Waals surface area contributed by atoms with Crippen LogP contribution in [-0.4, -0.2) is 44.8 Å². The maximum atomic E-state index is 5.63. The first kappa shape index (κ1) is 16.5. The highest BCUT2D eigenvalue weighted by molar-refractivity contribution is 5.30. The molecule has 0 saturated carbocycles. The number of likely N-dealkylation sites (tertiary alicyclic amines) is 1. The molecule has 3 heteroatoms. The molecule has 3 atom stereocenters. The van der Waals surface area contributed by atoms with Crippen LogP contribution in [-0.2, 0) is 4.74 Å². The summed E-state index contributed by atoms with van der Waals surface area (Å²) in [5, 5.41) is 3.48. The summed E-state index contributed by atoms with van der Waals surface area (Å²) in [5.41, 5.74) is 4.07. The summed E-state index contributed by atoms with van der Waals surface area (Å²) in [5.74, 6) is 0.667. The van der Waals surface area contributed by atoms with Gasteiger partial charge in [-0.2, -0.15) is 0 Å². The van der Waals surface area contributed by atoms with Crippen molar-refractivity contribution in [3.8, 4) is 0 Å². The number of hydrogen-bond acceptors (Lipinski definition) is 3. The van der Waals surface area contributed by atoms with Gasteiger partial charge in [0.05, 0.1) is 6.10 Å². The van der Waals surface area contributed by atoms with Crippen LogP contribution in [0, 0.1) is 19.8 Å². The van der Waals surface area contributed by atoms with E-state index in [0.717, 1.165) is 13.1 Å². The summed E-state index contributed by atoms with van der Waals surface area (Å²) in [6.45, 7) is 9.90. The third kappa shape index (κ3) is 4.29. The zero-order chi connectivity index (χ0) is 15.4. The van der Waals surface area contributed by atoms with Gasteiger partial charge >= 0.3 is 0 Å². The third-order valence-corrected chi connectivity index (χ3v) is 4.71. The number of ether oxygens (including phenoxy) is 1. The van der Waals surface area contributed by atoms with Crippen LogP contribution < -0.4 is 5.32 Å². The van der Waals surface area contributed by atoms with Gasteiger partial charge in [0.2, 0.25) is 0 Å². The van der Waals surface area contributed by atoms with E-state index in [9.17, 15) is 0 Å². The number of rotatable bonds is 5. The molecule has 21 heavy (non-hydrogen) atoms. The molecule has 1 saturated heterocycles. The first-order valence-corrected chi connectivity index (χ1v) is 8.04. The maximum absolute atomic E-state index is 5.63. The molecule has 3 unspecified atom stereocenters. The second-order valence-electron chi connectivity index (χ2n) is 6.56. The highest BCUT2D eigenvalue weighted by Crippen LogP contribution is 2.23. The van der Waals surface area contributed by atoms with Crippen LogP contribution in [0.5, 0.6) is 0 Å². The van der Waals surface area contributed by atoms with E-state index in [0.29, 0.717) is 18.1 Å². The second kappa shape index (κ2) is 7.39. The Hall–Kier alpha value is -0.900. The molecule has 0 spiro atoms. The Balaban J connectivity index is 2.05. The number of aryl methyl sites for hydroxylation is 2. The minimum absolute atomic E-state index is 0.371. The van der Waals surface area contributed by atoms with Crippen molar-refractivity contribution in [3.05, 3.63) is 34.9 Å². The fourth-order valence-corrected chi connectivity index (χ4v) is 3.40. The van der Waals surface area contributed by atoms with E-state index < -0.39 is 0 Å². The molecule has 0 aliphatic carbocycles. The molecule has 1 N–H and O–H groups in total. The summed E-state index contributed by atoms with van der Waals surface area (Å²) in [7, 11) is 3.90. The minimum atomic E-state index is 0.371. The molecular weight excluding hydrogens is 260 g/mol. The average molecular weight is 290 g/mol. The molecule has 1 aromatic carbocycles. The predicted molar refractivity (Wildman–Crippen MR) is 88.7 cm³/mol. The third-order valence-electron chi connectivity index (χ3n) is 4.71. The normalized spacial score (nSPS) is 25.0. The van der Waals surface area contributed by atoms with Crippen LogP contribution in [0.2, 0.25) is 0 Å². The zero-order valence-electron chi connectivity index (χ0n) is 14.1. The molecule has 1 aliphatic heterocycles. The van der Waals surface area contributed by atoms with Gasteiger partial charge in [-0.05, 0) is 45.3 Å². The molecule has 1 heterocycles. The van der Waals surface area contributed by atoms with Crippen LogP contribution in [0.3, 0.4) is 0 Å². The summed E-state index contributed by atoms with van der Waals surface area (Å²) < 4.78 is 5.63. The van der Waals surface area contributed by atoms with Gasteiger partial charge in [0.15, 0.2) is 0 Å². The van der Waals surface area contributed by atoms with E-state index in [1.807, 2.05) is 7.11 Å². The smallest absolute Gasteiger partial charge is 0.0724 e. The number of likely N-dealkylation sites (N-methyl/N-ethyl adjacent to an activating group) is 1. The fourth-order valence-electron chi connectivity index (χ4n) is 3.40. The van der Waals surface area contributed by atoms with Crippen molar-refractivity contribution >= 4 is 0 Å². The van der Waals surface area contributed by atoms with E-state index >= 15 is 0 Å². The monoisotopic (exact) mass is 290 g/mol. The van der Waals surface area contributed by atoms with Gasteiger partial charge in [-0.25, -0.2) is 0 Å². The Morgan fingerprint density at radius 2 is 1.95 bits per heavy atom. The quantitative estimate of drug-likeness (QED) is 0.902. The van der Waals surface area contributed by atoms with E-state index in [1.54, 1.807) is 0 Å². The molecule has 1 fully saturated rings. The highest BCUT2D eigenvalue weighted by atomic mass is 16.5. The molecular formula is C18H30N2O. The van der Waals surface area contributed by atoms with E-state index in [1.165, 1.54) is 29.7 Å². The van der Waals surface area contributed by atoms with Crippen LogP contribution >= 0.6 is 0 Å². The van der Waals surface area contributed by atoms with Crippen molar-refractivity contribution in [1.82, 2.24) is 10.2 Å². The van der Waals surface area contributed by atoms with Gasteiger partial charge < -0.3 is 10.1 Å². The summed E-state index contributed by atoms with van der Waals surface area (Å²) >= 11 is 0. The molecule has 0 amide bonds. The fraction of sp³-hybridized carbons (Fsp3) is 0.667. The van der Waals surface area contributed by atoms with Crippen molar-refractivity contribution in [1.29, 1.82) is 0 Å². The van der Waals surface area contributed by atoms with Crippen LogP contribution in [0.4, 0.5) is 0 Å². The molecule has 0 radical (unpaired) electrons. The summed E-state index contributed by atoms with van der Waals surface area (Å²) in [6.07, 6.45) is 1.59. The summed E-state index contributed by atoms with van der Waals surface area (Å²) in [6, 6.07) is 7.22. The molecule has 0 aromatic heterocycles. The van der Waals surface area contributed by atoms with Crippen LogP contribution in [0.25, 0.3) is 0 Å². The topological polar surface area (TPSA) is 24.5 Å². The number of benzene rings is 1. The Morgan fingerprint density at radius 1 is 1.29 bits per heavy atom. The van der Waals surface area contributed by atoms with Gasteiger partial charge in [0, 0.05) is 26.2 Å². The maximum Gasteiger partial charge on any atom is 0.0724 e. The second-order valence-corrected chi connectivity index (χ2v) is 6.56. The number of hydrogen-bond donors (Lipinski definition) is 1. The van der Waals surface area contributed by atoms with Crippen molar-refractivity contribution in [2.24, 2.45) is 5.92 Å². The van der Waals surface area contributed by atoms with Crippen molar-refractivity contribution in [2.75, 3.05) is 33.8 Å². The molecule has 3 nitrogen and oxygen atoms in total. The van der Waals surface area contributed by atoms with Gasteiger partial charge in [-0.1, -0.05) is 36.2 Å². The first-order valence-electron chi connectivity index (χ1n) is 8.04. The number of nitrogens with one attached hydrogen (secondary N) is 1. The number of piperidine rings is 1. The van der Waals surface area contributed by atoms with E-state index in [2.05, 4.69) is 56.2 Å². The van der Waals surface area contributed by atoms with Gasteiger partial charge in [-0.3, -0.25) is 4.90 Å². The zero-order valence-corrected chi connectivity index (χ0v) is 14.1.